The van der Waals surface area contributed by atoms with E-state index >= 15 is 0 Å². The Bertz CT molecular complexity index is 1250. The van der Waals surface area contributed by atoms with Crippen molar-refractivity contribution in [1.82, 2.24) is 29.9 Å². The fraction of sp³-hybridized carbons (Fsp3) is 0.238. The number of ether oxygens (including phenoxy) is 2. The second kappa shape index (κ2) is 8.53. The minimum atomic E-state index is -0.437. The van der Waals surface area contributed by atoms with Crippen LogP contribution in [0.25, 0.3) is 11.3 Å². The molecule has 1 aromatic carbocycles. The second-order valence-electron chi connectivity index (χ2n) is 7.09. The first-order valence-corrected chi connectivity index (χ1v) is 9.71. The second-order valence-corrected chi connectivity index (χ2v) is 7.09. The maximum atomic E-state index is 14.6. The molecule has 4 rings (SSSR count). The van der Waals surface area contributed by atoms with Crippen LogP contribution in [0.3, 0.4) is 0 Å². The van der Waals surface area contributed by atoms with Crippen LogP contribution in [0.15, 0.2) is 36.7 Å². The van der Waals surface area contributed by atoms with Crippen molar-refractivity contribution in [3.05, 3.63) is 48.2 Å². The standard InChI is InChI=1S/C21H23FN8O2/c1-12-8-17(28-27-12)24-20-19(32-5)18(13-10-23-29(2)11-13)25-21(26-20)30(3)16-9-14(31-4)6-7-15(16)22/h6-11H,1-5H3,(H2,24,25,26,27,28). The zero-order chi connectivity index (χ0) is 22.8. The fourth-order valence-electron chi connectivity index (χ4n) is 3.19. The Kier molecular flexibility index (Phi) is 5.63. The molecule has 0 atom stereocenters. The van der Waals surface area contributed by atoms with Crippen molar-refractivity contribution < 1.29 is 13.9 Å². The number of benzene rings is 1. The lowest BCUT2D eigenvalue weighted by molar-refractivity contribution is 0.413. The highest BCUT2D eigenvalue weighted by molar-refractivity contribution is 5.77. The van der Waals surface area contributed by atoms with Gasteiger partial charge in [0, 0.05) is 43.7 Å². The van der Waals surface area contributed by atoms with Crippen molar-refractivity contribution in [2.75, 3.05) is 31.5 Å². The highest BCUT2D eigenvalue weighted by Gasteiger charge is 2.22. The lowest BCUT2D eigenvalue weighted by atomic mass is 10.2. The third-order valence-corrected chi connectivity index (χ3v) is 4.80. The van der Waals surface area contributed by atoms with Crippen LogP contribution in [0.5, 0.6) is 11.5 Å². The predicted molar refractivity (Wildman–Crippen MR) is 118 cm³/mol. The summed E-state index contributed by atoms with van der Waals surface area (Å²) in [5.74, 6) is 1.65. The van der Waals surface area contributed by atoms with Gasteiger partial charge in [-0.05, 0) is 19.1 Å². The van der Waals surface area contributed by atoms with Crippen LogP contribution >= 0.6 is 0 Å². The molecule has 166 valence electrons. The van der Waals surface area contributed by atoms with E-state index in [0.29, 0.717) is 34.4 Å². The molecule has 0 spiro atoms. The van der Waals surface area contributed by atoms with E-state index in [-0.39, 0.29) is 11.6 Å². The molecule has 32 heavy (non-hydrogen) atoms. The zero-order valence-electron chi connectivity index (χ0n) is 18.3. The monoisotopic (exact) mass is 438 g/mol. The van der Waals surface area contributed by atoms with Gasteiger partial charge in [0.1, 0.15) is 17.3 Å². The summed E-state index contributed by atoms with van der Waals surface area (Å²) in [6.07, 6.45) is 3.48. The van der Waals surface area contributed by atoms with Gasteiger partial charge in [0.05, 0.1) is 26.1 Å². The van der Waals surface area contributed by atoms with E-state index < -0.39 is 5.82 Å². The normalized spacial score (nSPS) is 10.8. The summed E-state index contributed by atoms with van der Waals surface area (Å²) >= 11 is 0. The van der Waals surface area contributed by atoms with E-state index in [1.165, 1.54) is 25.2 Å². The number of halogens is 1. The van der Waals surface area contributed by atoms with Crippen LogP contribution in [0, 0.1) is 12.7 Å². The Balaban J connectivity index is 1.87. The summed E-state index contributed by atoms with van der Waals surface area (Å²) < 4.78 is 27.2. The van der Waals surface area contributed by atoms with E-state index in [4.69, 9.17) is 9.47 Å². The highest BCUT2D eigenvalue weighted by atomic mass is 19.1. The van der Waals surface area contributed by atoms with Gasteiger partial charge in [-0.2, -0.15) is 15.2 Å². The fourth-order valence-corrected chi connectivity index (χ4v) is 3.19. The molecule has 11 heteroatoms. The quantitative estimate of drug-likeness (QED) is 0.451. The molecule has 0 amide bonds. The van der Waals surface area contributed by atoms with Crippen LogP contribution in [0.2, 0.25) is 0 Å². The summed E-state index contributed by atoms with van der Waals surface area (Å²) in [5.41, 5.74) is 2.35. The van der Waals surface area contributed by atoms with Gasteiger partial charge in [0.2, 0.25) is 5.95 Å². The molecule has 3 aromatic heterocycles. The first-order valence-electron chi connectivity index (χ1n) is 9.71. The van der Waals surface area contributed by atoms with Gasteiger partial charge >= 0.3 is 0 Å². The number of aromatic amines is 1. The largest absolute Gasteiger partial charge is 0.497 e. The number of H-pyrrole nitrogens is 1. The number of nitrogens with zero attached hydrogens (tertiary/aromatic N) is 6. The number of aryl methyl sites for hydroxylation is 2. The Labute approximate surface area is 184 Å². The Morgan fingerprint density at radius 1 is 1.16 bits per heavy atom. The van der Waals surface area contributed by atoms with Crippen LogP contribution in [0.4, 0.5) is 27.7 Å². The number of anilines is 4. The summed E-state index contributed by atoms with van der Waals surface area (Å²) in [6, 6.07) is 6.30. The number of aromatic nitrogens is 6. The average molecular weight is 438 g/mol. The molecular weight excluding hydrogens is 415 g/mol. The summed E-state index contributed by atoms with van der Waals surface area (Å²) in [6.45, 7) is 1.89. The Morgan fingerprint density at radius 3 is 2.59 bits per heavy atom. The van der Waals surface area contributed by atoms with Gasteiger partial charge in [-0.1, -0.05) is 0 Å². The maximum Gasteiger partial charge on any atom is 0.232 e. The van der Waals surface area contributed by atoms with E-state index in [1.807, 2.05) is 26.2 Å². The van der Waals surface area contributed by atoms with Crippen molar-refractivity contribution in [2.45, 2.75) is 6.92 Å². The van der Waals surface area contributed by atoms with Crippen molar-refractivity contribution >= 4 is 23.3 Å². The minimum Gasteiger partial charge on any atom is -0.497 e. The smallest absolute Gasteiger partial charge is 0.232 e. The molecule has 0 saturated carbocycles. The molecule has 2 N–H and O–H groups in total. The Hall–Kier alpha value is -4.15. The lowest BCUT2D eigenvalue weighted by Gasteiger charge is -2.21. The predicted octanol–water partition coefficient (Wildman–Crippen LogP) is 3.58. The third kappa shape index (κ3) is 4.04. The minimum absolute atomic E-state index is 0.242. The molecular formula is C21H23FN8O2. The molecule has 4 aromatic rings. The van der Waals surface area contributed by atoms with E-state index in [2.05, 4.69) is 30.6 Å². The molecule has 0 aliphatic heterocycles. The van der Waals surface area contributed by atoms with Gasteiger partial charge in [-0.15, -0.1) is 0 Å². The number of hydrogen-bond donors (Lipinski definition) is 2. The molecule has 0 bridgehead atoms. The molecule has 0 unspecified atom stereocenters. The third-order valence-electron chi connectivity index (χ3n) is 4.80. The molecule has 0 aliphatic carbocycles. The number of methoxy groups -OCH3 is 2. The van der Waals surface area contributed by atoms with E-state index in [1.54, 1.807) is 30.1 Å². The molecule has 10 nitrogen and oxygen atoms in total. The average Bonchev–Trinajstić information content (AvgIpc) is 3.40. The zero-order valence-corrected chi connectivity index (χ0v) is 18.3. The van der Waals surface area contributed by atoms with Crippen molar-refractivity contribution in [3.63, 3.8) is 0 Å². The Morgan fingerprint density at radius 2 is 1.97 bits per heavy atom. The van der Waals surface area contributed by atoms with Crippen molar-refractivity contribution in [2.24, 2.45) is 7.05 Å². The van der Waals surface area contributed by atoms with E-state index in [9.17, 15) is 4.39 Å². The maximum absolute atomic E-state index is 14.6. The van der Waals surface area contributed by atoms with Crippen molar-refractivity contribution in [3.8, 4) is 22.8 Å². The lowest BCUT2D eigenvalue weighted by Crippen LogP contribution is -2.16. The first kappa shape index (κ1) is 21.1. The summed E-state index contributed by atoms with van der Waals surface area (Å²) in [4.78, 5) is 10.8. The summed E-state index contributed by atoms with van der Waals surface area (Å²) in [7, 11) is 6.54. The highest BCUT2D eigenvalue weighted by Crippen LogP contribution is 2.38. The molecule has 0 aliphatic rings. The number of hydrogen-bond acceptors (Lipinski definition) is 8. The van der Waals surface area contributed by atoms with Crippen molar-refractivity contribution in [1.29, 1.82) is 0 Å². The topological polar surface area (TPSA) is 106 Å². The van der Waals surface area contributed by atoms with Gasteiger partial charge in [-0.3, -0.25) is 9.78 Å². The van der Waals surface area contributed by atoms with Gasteiger partial charge in [0.25, 0.3) is 0 Å². The van der Waals surface area contributed by atoms with Crippen LogP contribution in [0.1, 0.15) is 5.69 Å². The first-order chi connectivity index (χ1) is 15.4. The van der Waals surface area contributed by atoms with Gasteiger partial charge < -0.3 is 19.7 Å². The number of rotatable bonds is 7. The van der Waals surface area contributed by atoms with Crippen LogP contribution in [-0.4, -0.2) is 51.2 Å². The van der Waals surface area contributed by atoms with E-state index in [0.717, 1.165) is 5.69 Å². The molecule has 3 heterocycles. The summed E-state index contributed by atoms with van der Waals surface area (Å²) in [5, 5.41) is 14.5. The SMILES string of the molecule is COc1ccc(F)c(N(C)c2nc(Nc3cc(C)[nH]n3)c(OC)c(-c3cnn(C)c3)n2)c1. The number of nitrogens with one attached hydrogen (secondary N) is 2. The van der Waals surface area contributed by atoms with Gasteiger partial charge in [0.15, 0.2) is 17.4 Å². The molecule has 0 radical (unpaired) electrons. The molecule has 0 fully saturated rings. The van der Waals surface area contributed by atoms with Crippen LogP contribution < -0.4 is 19.7 Å². The van der Waals surface area contributed by atoms with Gasteiger partial charge in [-0.25, -0.2) is 9.37 Å². The van der Waals surface area contributed by atoms with Crippen LogP contribution in [-0.2, 0) is 7.05 Å². The molecule has 0 saturated heterocycles.